The van der Waals surface area contributed by atoms with Gasteiger partial charge in [-0.2, -0.15) is 0 Å². The molecule has 10 nitrogen and oxygen atoms in total. The van der Waals surface area contributed by atoms with E-state index in [0.29, 0.717) is 38.0 Å². The zero-order valence-electron chi connectivity index (χ0n) is 30.6. The van der Waals surface area contributed by atoms with E-state index < -0.39 is 5.41 Å². The van der Waals surface area contributed by atoms with E-state index in [-0.39, 0.29) is 41.7 Å². The lowest BCUT2D eigenvalue weighted by Gasteiger charge is -2.48. The summed E-state index contributed by atoms with van der Waals surface area (Å²) in [6, 6.07) is 10.3. The van der Waals surface area contributed by atoms with Crippen LogP contribution in [-0.2, 0) is 15.0 Å². The topological polar surface area (TPSA) is 98.6 Å². The molecule has 9 rings (SSSR count). The zero-order chi connectivity index (χ0) is 34.2. The van der Waals surface area contributed by atoms with Crippen LogP contribution in [0.1, 0.15) is 103 Å². The number of likely N-dealkylation sites (tertiary alicyclic amines) is 2. The maximum atomic E-state index is 14.9. The van der Waals surface area contributed by atoms with Gasteiger partial charge in [-0.3, -0.25) is 9.59 Å². The Labute approximate surface area is 308 Å². The number of carbonyl (C=O) groups excluding carboxylic acids is 2. The van der Waals surface area contributed by atoms with Crippen LogP contribution < -0.4 is 15.5 Å². The van der Waals surface area contributed by atoms with Gasteiger partial charge in [0.1, 0.15) is 5.52 Å². The fourth-order valence-electron chi connectivity index (χ4n) is 9.73. The number of rotatable bonds is 7. The van der Waals surface area contributed by atoms with Gasteiger partial charge in [-0.1, -0.05) is 25.5 Å². The lowest BCUT2D eigenvalue weighted by molar-refractivity contribution is -0.145. The number of imidazole rings is 1. The van der Waals surface area contributed by atoms with Gasteiger partial charge in [0, 0.05) is 53.9 Å². The van der Waals surface area contributed by atoms with Gasteiger partial charge in [0.2, 0.25) is 11.8 Å². The molecule has 11 heteroatoms. The molecular formula is C40H55ClN8O2. The van der Waals surface area contributed by atoms with Gasteiger partial charge >= 0.3 is 0 Å². The summed E-state index contributed by atoms with van der Waals surface area (Å²) in [4.78, 5) is 45.8. The van der Waals surface area contributed by atoms with Crippen molar-refractivity contribution in [2.75, 3.05) is 49.5 Å². The van der Waals surface area contributed by atoms with Crippen LogP contribution in [0.25, 0.3) is 22.3 Å². The number of amides is 2. The quantitative estimate of drug-likeness (QED) is 0.297. The third-order valence-corrected chi connectivity index (χ3v) is 13.2. The summed E-state index contributed by atoms with van der Waals surface area (Å²) < 4.78 is 2.21. The van der Waals surface area contributed by atoms with Crippen molar-refractivity contribution in [2.45, 2.75) is 121 Å². The average Bonchev–Trinajstić information content (AvgIpc) is 3.77. The van der Waals surface area contributed by atoms with E-state index in [1.807, 2.05) is 6.33 Å². The molecule has 1 aromatic carbocycles. The summed E-state index contributed by atoms with van der Waals surface area (Å²) in [6.45, 7) is 11.9. The first-order valence-corrected chi connectivity index (χ1v) is 19.6. The molecule has 6 heterocycles. The third-order valence-electron chi connectivity index (χ3n) is 13.2. The highest BCUT2D eigenvalue weighted by molar-refractivity contribution is 6.09. The van der Waals surface area contributed by atoms with Crippen molar-refractivity contribution in [1.29, 1.82) is 0 Å². The highest BCUT2D eigenvalue weighted by Crippen LogP contribution is 2.52. The molecule has 0 atom stereocenters. The minimum absolute atomic E-state index is 0. The molecular weight excluding hydrogens is 660 g/mol. The maximum absolute atomic E-state index is 14.9. The van der Waals surface area contributed by atoms with Crippen LogP contribution >= 0.6 is 12.4 Å². The standard InChI is InChI=1S/C40H54N8O2.ClH/c1-26(2)47-25-42-33-24-32(44-36(35(33)47)43-28-8-9-28)27-7-10-31-34(21-27)48(30-22-29(23-30)45-17-5-4-6-18-45)38(50)40(31)13-19-46(20-14-40)37(49)39(3)11-15-41-16-12-39;/h7,10,21,24-26,28-30,41H,4-6,8-9,11-20,22-23H2,1-3H3,(H,43,44);1H. The number of fused-ring (bicyclic) bond motifs is 3. The molecule has 2 amide bonds. The molecule has 2 aliphatic carbocycles. The lowest BCUT2D eigenvalue weighted by atomic mass is 9.72. The molecule has 2 saturated carbocycles. The van der Waals surface area contributed by atoms with Crippen LogP contribution in [-0.4, -0.2) is 93.5 Å². The van der Waals surface area contributed by atoms with Gasteiger partial charge in [-0.25, -0.2) is 9.97 Å². The molecule has 5 fully saturated rings. The lowest BCUT2D eigenvalue weighted by Crippen LogP contribution is -2.59. The molecule has 0 radical (unpaired) electrons. The van der Waals surface area contributed by atoms with Crippen LogP contribution in [0.4, 0.5) is 11.5 Å². The number of nitrogens with one attached hydrogen (secondary N) is 2. The largest absolute Gasteiger partial charge is 0.366 e. The fourth-order valence-corrected chi connectivity index (χ4v) is 9.73. The first-order chi connectivity index (χ1) is 24.2. The van der Waals surface area contributed by atoms with Crippen LogP contribution in [0.2, 0.25) is 0 Å². The van der Waals surface area contributed by atoms with Crippen molar-refractivity contribution in [1.82, 2.24) is 29.7 Å². The predicted octanol–water partition coefficient (Wildman–Crippen LogP) is 6.29. The number of nitrogens with zero attached hydrogens (tertiary/aromatic N) is 6. The van der Waals surface area contributed by atoms with Crippen molar-refractivity contribution in [2.24, 2.45) is 5.41 Å². The molecule has 2 aromatic heterocycles. The van der Waals surface area contributed by atoms with Gasteiger partial charge in [0.25, 0.3) is 0 Å². The van der Waals surface area contributed by atoms with E-state index in [1.165, 1.54) is 45.2 Å². The highest BCUT2D eigenvalue weighted by atomic mass is 35.5. The fraction of sp³-hybridized carbons (Fsp3) is 0.650. The summed E-state index contributed by atoms with van der Waals surface area (Å²) in [6.07, 6.45) is 13.4. The van der Waals surface area contributed by atoms with Gasteiger partial charge in [-0.15, -0.1) is 12.4 Å². The van der Waals surface area contributed by atoms with Gasteiger partial charge in [-0.05, 0) is 122 Å². The maximum Gasteiger partial charge on any atom is 0.238 e. The second kappa shape index (κ2) is 13.3. The van der Waals surface area contributed by atoms with E-state index in [1.54, 1.807) is 0 Å². The summed E-state index contributed by atoms with van der Waals surface area (Å²) in [5, 5.41) is 7.11. The number of anilines is 2. The van der Waals surface area contributed by atoms with Crippen molar-refractivity contribution in [3.8, 4) is 11.3 Å². The summed E-state index contributed by atoms with van der Waals surface area (Å²) >= 11 is 0. The van der Waals surface area contributed by atoms with E-state index >= 15 is 0 Å². The smallest absolute Gasteiger partial charge is 0.238 e. The normalized spacial score (nSPS) is 25.9. The van der Waals surface area contributed by atoms with E-state index in [4.69, 9.17) is 9.97 Å². The van der Waals surface area contributed by atoms with Crippen LogP contribution in [0.5, 0.6) is 0 Å². The molecule has 3 saturated heterocycles. The van der Waals surface area contributed by atoms with Crippen molar-refractivity contribution < 1.29 is 9.59 Å². The number of hydrogen-bond donors (Lipinski definition) is 2. The van der Waals surface area contributed by atoms with Gasteiger partial charge < -0.3 is 29.9 Å². The minimum atomic E-state index is -0.581. The summed E-state index contributed by atoms with van der Waals surface area (Å²) in [5.41, 5.74) is 5.24. The number of halogens is 1. The first kappa shape index (κ1) is 34.9. The predicted molar refractivity (Wildman–Crippen MR) is 205 cm³/mol. The SMILES string of the molecule is CC(C)n1cnc2cc(-c3ccc4c(c3)N(C3CC(N5CCCCC5)C3)C(=O)C43CCN(C(=O)C4(C)CCNCC4)CC3)nc(NC3CC3)c21.Cl. The number of aromatic nitrogens is 3. The number of piperidine rings is 3. The second-order valence-electron chi connectivity index (χ2n) is 16.9. The molecule has 51 heavy (non-hydrogen) atoms. The molecule has 4 aliphatic heterocycles. The Kier molecular flexibility index (Phi) is 9.11. The molecule has 6 aliphatic rings. The highest BCUT2D eigenvalue weighted by Gasteiger charge is 2.56. The molecule has 274 valence electrons. The minimum Gasteiger partial charge on any atom is -0.366 e. The van der Waals surface area contributed by atoms with Crippen molar-refractivity contribution >= 4 is 46.8 Å². The molecule has 1 spiro atoms. The van der Waals surface area contributed by atoms with Gasteiger partial charge in [0.05, 0.1) is 23.0 Å². The monoisotopic (exact) mass is 714 g/mol. The number of pyridine rings is 1. The van der Waals surface area contributed by atoms with E-state index in [0.717, 1.165) is 78.1 Å². The van der Waals surface area contributed by atoms with Crippen LogP contribution in [0, 0.1) is 5.41 Å². The van der Waals surface area contributed by atoms with Crippen LogP contribution in [0.3, 0.4) is 0 Å². The third kappa shape index (κ3) is 5.93. The Bertz CT molecular complexity index is 1790. The Balaban J connectivity index is 0.00000374. The summed E-state index contributed by atoms with van der Waals surface area (Å²) in [7, 11) is 0. The first-order valence-electron chi connectivity index (χ1n) is 19.6. The Hall–Kier alpha value is -3.21. The van der Waals surface area contributed by atoms with Gasteiger partial charge in [0.15, 0.2) is 5.82 Å². The van der Waals surface area contributed by atoms with E-state index in [9.17, 15) is 9.59 Å². The molecule has 0 bridgehead atoms. The Morgan fingerprint density at radius 3 is 2.37 bits per heavy atom. The van der Waals surface area contributed by atoms with Crippen molar-refractivity contribution in [3.05, 3.63) is 36.2 Å². The van der Waals surface area contributed by atoms with Crippen molar-refractivity contribution in [3.63, 3.8) is 0 Å². The molecule has 0 unspecified atom stereocenters. The Morgan fingerprint density at radius 2 is 1.69 bits per heavy atom. The average molecular weight is 715 g/mol. The van der Waals surface area contributed by atoms with Crippen LogP contribution in [0.15, 0.2) is 30.6 Å². The Morgan fingerprint density at radius 1 is 0.961 bits per heavy atom. The molecule has 3 aromatic rings. The number of hydrogen-bond acceptors (Lipinski definition) is 7. The summed E-state index contributed by atoms with van der Waals surface area (Å²) in [5.74, 6) is 1.42. The second-order valence-corrected chi connectivity index (χ2v) is 16.9. The van der Waals surface area contributed by atoms with E-state index in [2.05, 4.69) is 74.9 Å². The number of benzene rings is 1. The molecule has 2 N–H and O–H groups in total. The zero-order valence-corrected chi connectivity index (χ0v) is 31.4. The number of carbonyl (C=O) groups is 2.